The molecule has 0 N–H and O–H groups in total. The van der Waals surface area contributed by atoms with E-state index >= 15 is 0 Å². The second-order valence-corrected chi connectivity index (χ2v) is 6.20. The highest BCUT2D eigenvalue weighted by Gasteiger charge is 2.33. The minimum Gasteiger partial charge on any atom is -0.367 e. The summed E-state index contributed by atoms with van der Waals surface area (Å²) < 4.78 is 53.4. The SMILES string of the molecule is N#Cc1ccc(N2CCN(Cc3ccccc3C(F)(F)F)CC2)c(F)c1. The van der Waals surface area contributed by atoms with E-state index < -0.39 is 17.6 Å². The summed E-state index contributed by atoms with van der Waals surface area (Å²) in [6, 6.07) is 11.8. The monoisotopic (exact) mass is 363 g/mol. The molecule has 136 valence electrons. The van der Waals surface area contributed by atoms with Gasteiger partial charge < -0.3 is 4.90 Å². The van der Waals surface area contributed by atoms with E-state index in [4.69, 9.17) is 5.26 Å². The highest BCUT2D eigenvalue weighted by atomic mass is 19.4. The van der Waals surface area contributed by atoms with Gasteiger partial charge in [0.1, 0.15) is 5.82 Å². The fourth-order valence-electron chi connectivity index (χ4n) is 3.16. The zero-order chi connectivity index (χ0) is 18.7. The highest BCUT2D eigenvalue weighted by molar-refractivity contribution is 5.51. The molecule has 0 radical (unpaired) electrons. The highest BCUT2D eigenvalue weighted by Crippen LogP contribution is 2.32. The lowest BCUT2D eigenvalue weighted by atomic mass is 10.1. The number of rotatable bonds is 3. The molecular weight excluding hydrogens is 346 g/mol. The Kier molecular flexibility index (Phi) is 5.14. The van der Waals surface area contributed by atoms with Crippen molar-refractivity contribution in [2.45, 2.75) is 12.7 Å². The van der Waals surface area contributed by atoms with Gasteiger partial charge in [-0.1, -0.05) is 18.2 Å². The summed E-state index contributed by atoms with van der Waals surface area (Å²) >= 11 is 0. The molecule has 0 saturated carbocycles. The van der Waals surface area contributed by atoms with Gasteiger partial charge in [0, 0.05) is 32.7 Å². The van der Waals surface area contributed by atoms with Gasteiger partial charge in [-0.25, -0.2) is 4.39 Å². The molecule has 0 spiro atoms. The zero-order valence-corrected chi connectivity index (χ0v) is 13.9. The number of alkyl halides is 3. The van der Waals surface area contributed by atoms with Crippen LogP contribution in [-0.4, -0.2) is 31.1 Å². The van der Waals surface area contributed by atoms with Crippen molar-refractivity contribution in [1.82, 2.24) is 4.90 Å². The molecule has 2 aromatic carbocycles. The average molecular weight is 363 g/mol. The van der Waals surface area contributed by atoms with Crippen LogP contribution in [0.3, 0.4) is 0 Å². The molecule has 1 aliphatic heterocycles. The van der Waals surface area contributed by atoms with Crippen molar-refractivity contribution < 1.29 is 17.6 Å². The van der Waals surface area contributed by atoms with E-state index in [9.17, 15) is 17.6 Å². The van der Waals surface area contributed by atoms with Crippen LogP contribution in [0, 0.1) is 17.1 Å². The minimum atomic E-state index is -4.37. The Balaban J connectivity index is 1.66. The fourth-order valence-corrected chi connectivity index (χ4v) is 3.16. The molecule has 0 aromatic heterocycles. The second-order valence-electron chi connectivity index (χ2n) is 6.20. The molecule has 3 rings (SSSR count). The van der Waals surface area contributed by atoms with Crippen LogP contribution in [0.2, 0.25) is 0 Å². The third kappa shape index (κ3) is 3.97. The van der Waals surface area contributed by atoms with Gasteiger partial charge in [0.2, 0.25) is 0 Å². The lowest BCUT2D eigenvalue weighted by molar-refractivity contribution is -0.138. The molecule has 1 aliphatic rings. The molecule has 3 nitrogen and oxygen atoms in total. The van der Waals surface area contributed by atoms with Crippen LogP contribution in [-0.2, 0) is 12.7 Å². The Morgan fingerprint density at radius 3 is 2.31 bits per heavy atom. The van der Waals surface area contributed by atoms with Crippen LogP contribution in [0.15, 0.2) is 42.5 Å². The fraction of sp³-hybridized carbons (Fsp3) is 0.316. The quantitative estimate of drug-likeness (QED) is 0.771. The third-order valence-corrected chi connectivity index (χ3v) is 4.51. The van der Waals surface area contributed by atoms with E-state index in [1.807, 2.05) is 15.9 Å². The number of hydrogen-bond donors (Lipinski definition) is 0. The Labute approximate surface area is 149 Å². The van der Waals surface area contributed by atoms with Gasteiger partial charge >= 0.3 is 6.18 Å². The van der Waals surface area contributed by atoms with Gasteiger partial charge in [-0.15, -0.1) is 0 Å². The Bertz CT molecular complexity index is 818. The number of nitriles is 1. The molecule has 2 aromatic rings. The Hall–Kier alpha value is -2.59. The third-order valence-electron chi connectivity index (χ3n) is 4.51. The lowest BCUT2D eigenvalue weighted by Crippen LogP contribution is -2.46. The van der Waals surface area contributed by atoms with Crippen LogP contribution in [0.5, 0.6) is 0 Å². The average Bonchev–Trinajstić information content (AvgIpc) is 2.62. The molecule has 0 atom stereocenters. The summed E-state index contributed by atoms with van der Waals surface area (Å²) in [5, 5.41) is 8.80. The first kappa shape index (κ1) is 18.2. The van der Waals surface area contributed by atoms with Gasteiger partial charge in [0.25, 0.3) is 0 Å². The molecule has 0 amide bonds. The number of hydrogen-bond acceptors (Lipinski definition) is 3. The number of anilines is 1. The maximum Gasteiger partial charge on any atom is 0.416 e. The molecule has 0 bridgehead atoms. The van der Waals surface area contributed by atoms with Crippen LogP contribution in [0.25, 0.3) is 0 Å². The van der Waals surface area contributed by atoms with Gasteiger partial charge in [-0.3, -0.25) is 4.90 Å². The van der Waals surface area contributed by atoms with E-state index in [-0.39, 0.29) is 17.7 Å². The Morgan fingerprint density at radius 1 is 1.00 bits per heavy atom. The summed E-state index contributed by atoms with van der Waals surface area (Å²) in [7, 11) is 0. The first-order chi connectivity index (χ1) is 12.4. The molecule has 0 unspecified atom stereocenters. The molecule has 26 heavy (non-hydrogen) atoms. The smallest absolute Gasteiger partial charge is 0.367 e. The van der Waals surface area contributed by atoms with Crippen molar-refractivity contribution in [1.29, 1.82) is 5.26 Å². The first-order valence-electron chi connectivity index (χ1n) is 8.20. The van der Waals surface area contributed by atoms with Gasteiger partial charge in [0.15, 0.2) is 0 Å². The number of nitrogens with zero attached hydrogens (tertiary/aromatic N) is 3. The number of benzene rings is 2. The van der Waals surface area contributed by atoms with Crippen molar-refractivity contribution in [3.63, 3.8) is 0 Å². The minimum absolute atomic E-state index is 0.208. The first-order valence-corrected chi connectivity index (χ1v) is 8.20. The maximum absolute atomic E-state index is 14.1. The molecule has 1 fully saturated rings. The number of halogens is 4. The van der Waals surface area contributed by atoms with E-state index in [2.05, 4.69) is 0 Å². The van der Waals surface area contributed by atoms with Crippen molar-refractivity contribution in [2.75, 3.05) is 31.1 Å². The molecular formula is C19H17F4N3. The second kappa shape index (κ2) is 7.34. The van der Waals surface area contributed by atoms with Crippen molar-refractivity contribution in [3.05, 3.63) is 65.0 Å². The summed E-state index contributed by atoms with van der Waals surface area (Å²) in [6.45, 7) is 2.30. The normalized spacial score (nSPS) is 15.7. The van der Waals surface area contributed by atoms with E-state index in [1.54, 1.807) is 18.2 Å². The van der Waals surface area contributed by atoms with Gasteiger partial charge in [-0.2, -0.15) is 18.4 Å². The number of piperazine rings is 1. The summed E-state index contributed by atoms with van der Waals surface area (Å²) in [5.41, 5.74) is 0.312. The van der Waals surface area contributed by atoms with Crippen molar-refractivity contribution in [3.8, 4) is 6.07 Å². The molecule has 0 aliphatic carbocycles. The predicted molar refractivity (Wildman–Crippen MR) is 90.0 cm³/mol. The van der Waals surface area contributed by atoms with Crippen molar-refractivity contribution >= 4 is 5.69 Å². The Morgan fingerprint density at radius 2 is 1.69 bits per heavy atom. The van der Waals surface area contributed by atoms with Crippen LogP contribution >= 0.6 is 0 Å². The summed E-state index contributed by atoms with van der Waals surface area (Å²) in [4.78, 5) is 3.78. The van der Waals surface area contributed by atoms with Crippen molar-refractivity contribution in [2.24, 2.45) is 0 Å². The van der Waals surface area contributed by atoms with Gasteiger partial charge in [0.05, 0.1) is 22.9 Å². The summed E-state index contributed by atoms with van der Waals surface area (Å²) in [5.74, 6) is -0.458. The molecule has 1 saturated heterocycles. The predicted octanol–water partition coefficient (Wildman–Crippen LogP) is 4.04. The topological polar surface area (TPSA) is 30.3 Å². The molecule has 7 heteroatoms. The maximum atomic E-state index is 14.1. The van der Waals surface area contributed by atoms with E-state index in [0.717, 1.165) is 6.07 Å². The molecule has 1 heterocycles. The zero-order valence-electron chi connectivity index (χ0n) is 13.9. The van der Waals surface area contributed by atoms with E-state index in [0.29, 0.717) is 31.9 Å². The van der Waals surface area contributed by atoms with E-state index in [1.165, 1.54) is 18.2 Å². The van der Waals surface area contributed by atoms with Gasteiger partial charge in [-0.05, 0) is 29.8 Å². The summed E-state index contributed by atoms with van der Waals surface area (Å²) in [6.07, 6.45) is -4.37. The van der Waals surface area contributed by atoms with Crippen LogP contribution in [0.1, 0.15) is 16.7 Å². The largest absolute Gasteiger partial charge is 0.416 e. The van der Waals surface area contributed by atoms with Crippen LogP contribution < -0.4 is 4.90 Å². The lowest BCUT2D eigenvalue weighted by Gasteiger charge is -2.36. The standard InChI is InChI=1S/C19H17F4N3/c20-17-11-14(12-24)5-6-18(17)26-9-7-25(8-10-26)13-15-3-1-2-4-16(15)19(21,22)23/h1-6,11H,7-10,13H2. The van der Waals surface area contributed by atoms with Crippen LogP contribution in [0.4, 0.5) is 23.2 Å².